The summed E-state index contributed by atoms with van der Waals surface area (Å²) in [6, 6.07) is 7.98. The number of nitrogens with zero attached hydrogens (tertiary/aromatic N) is 2. The lowest BCUT2D eigenvalue weighted by molar-refractivity contribution is 0.0410. The molecular formula is C15H20BrN3O2. The third kappa shape index (κ3) is 4.62. The second-order valence-corrected chi connectivity index (χ2v) is 6.51. The quantitative estimate of drug-likeness (QED) is 0.863. The van der Waals surface area contributed by atoms with Crippen LogP contribution in [0.2, 0.25) is 0 Å². The Balaban J connectivity index is 2.07. The first-order chi connectivity index (χ1) is 9.87. The molecule has 0 spiro atoms. The topological polar surface area (TPSA) is 74.2 Å². The fourth-order valence-corrected chi connectivity index (χ4v) is 2.23. The number of nitrogens with two attached hydrogens (primary N) is 1. The van der Waals surface area contributed by atoms with E-state index in [0.717, 1.165) is 10.0 Å². The lowest BCUT2D eigenvalue weighted by Crippen LogP contribution is -2.40. The highest BCUT2D eigenvalue weighted by Gasteiger charge is 2.28. The highest BCUT2D eigenvalue weighted by molar-refractivity contribution is 9.10. The molecule has 0 radical (unpaired) electrons. The van der Waals surface area contributed by atoms with E-state index in [-0.39, 0.29) is 6.10 Å². The second-order valence-electron chi connectivity index (χ2n) is 5.60. The van der Waals surface area contributed by atoms with Crippen molar-refractivity contribution >= 4 is 15.9 Å². The van der Waals surface area contributed by atoms with Crippen LogP contribution in [-0.2, 0) is 16.7 Å². The zero-order valence-corrected chi connectivity index (χ0v) is 14.1. The summed E-state index contributed by atoms with van der Waals surface area (Å²) in [5, 5.41) is 3.98. The Kier molecular flexibility index (Phi) is 5.13. The molecule has 1 aromatic heterocycles. The summed E-state index contributed by atoms with van der Waals surface area (Å²) in [4.78, 5) is 4.39. The van der Waals surface area contributed by atoms with E-state index >= 15 is 0 Å². The molecule has 0 aliphatic rings. The van der Waals surface area contributed by atoms with Gasteiger partial charge in [0, 0.05) is 4.47 Å². The molecule has 1 atom stereocenters. The van der Waals surface area contributed by atoms with Gasteiger partial charge < -0.3 is 15.0 Å². The molecule has 6 heteroatoms. The third-order valence-corrected chi connectivity index (χ3v) is 3.43. The predicted octanol–water partition coefficient (Wildman–Crippen LogP) is 3.02. The Morgan fingerprint density at radius 2 is 2.19 bits per heavy atom. The maximum absolute atomic E-state index is 6.20. The van der Waals surface area contributed by atoms with Crippen LogP contribution in [0.15, 0.2) is 33.3 Å². The van der Waals surface area contributed by atoms with E-state index in [1.54, 1.807) is 0 Å². The second kappa shape index (κ2) is 6.68. The fraction of sp³-hybridized carbons (Fsp3) is 0.467. The van der Waals surface area contributed by atoms with E-state index in [1.807, 2.05) is 45.0 Å². The van der Waals surface area contributed by atoms with Gasteiger partial charge in [0.1, 0.15) is 5.54 Å². The minimum Gasteiger partial charge on any atom is -0.376 e. The van der Waals surface area contributed by atoms with Gasteiger partial charge in [0.2, 0.25) is 5.89 Å². The molecule has 1 aromatic carbocycles. The lowest BCUT2D eigenvalue weighted by Gasteiger charge is -2.21. The Hall–Kier alpha value is -1.24. The van der Waals surface area contributed by atoms with Crippen LogP contribution in [0.4, 0.5) is 0 Å². The minimum atomic E-state index is -0.761. The summed E-state index contributed by atoms with van der Waals surface area (Å²) < 4.78 is 11.9. The van der Waals surface area contributed by atoms with Crippen LogP contribution in [0, 0.1) is 0 Å². The van der Waals surface area contributed by atoms with Crippen molar-refractivity contribution in [1.29, 1.82) is 0 Å². The average Bonchev–Trinajstić information content (AvgIpc) is 2.86. The van der Waals surface area contributed by atoms with Gasteiger partial charge in [-0.05, 0) is 38.5 Å². The molecule has 0 saturated heterocycles. The van der Waals surface area contributed by atoms with Crippen molar-refractivity contribution < 1.29 is 9.26 Å². The highest BCUT2D eigenvalue weighted by atomic mass is 79.9. The van der Waals surface area contributed by atoms with Crippen LogP contribution in [-0.4, -0.2) is 22.9 Å². The number of aromatic nitrogens is 2. The molecule has 2 rings (SSSR count). The van der Waals surface area contributed by atoms with Crippen molar-refractivity contribution in [1.82, 2.24) is 10.1 Å². The van der Waals surface area contributed by atoms with Crippen molar-refractivity contribution in [3.63, 3.8) is 0 Å². The maximum Gasteiger partial charge on any atom is 0.231 e. The van der Waals surface area contributed by atoms with Gasteiger partial charge in [-0.15, -0.1) is 0 Å². The lowest BCUT2D eigenvalue weighted by atomic mass is 10.1. The van der Waals surface area contributed by atoms with E-state index in [9.17, 15) is 0 Å². The molecule has 5 nitrogen and oxygen atoms in total. The third-order valence-electron chi connectivity index (χ3n) is 2.94. The van der Waals surface area contributed by atoms with Crippen molar-refractivity contribution in [3.8, 4) is 0 Å². The fourth-order valence-electron chi connectivity index (χ4n) is 1.78. The Bertz CT molecular complexity index is 596. The van der Waals surface area contributed by atoms with E-state index in [4.69, 9.17) is 15.0 Å². The van der Waals surface area contributed by atoms with Crippen molar-refractivity contribution in [3.05, 3.63) is 46.0 Å². The van der Waals surface area contributed by atoms with Gasteiger partial charge in [-0.25, -0.2) is 0 Å². The minimum absolute atomic E-state index is 0.112. The van der Waals surface area contributed by atoms with Gasteiger partial charge in [-0.2, -0.15) is 4.98 Å². The van der Waals surface area contributed by atoms with Gasteiger partial charge >= 0.3 is 0 Å². The Labute approximate surface area is 133 Å². The van der Waals surface area contributed by atoms with Crippen molar-refractivity contribution in [2.45, 2.75) is 38.8 Å². The van der Waals surface area contributed by atoms with Gasteiger partial charge in [-0.3, -0.25) is 0 Å². The molecule has 21 heavy (non-hydrogen) atoms. The first kappa shape index (κ1) is 16.1. The van der Waals surface area contributed by atoms with Crippen molar-refractivity contribution in [2.75, 3.05) is 6.61 Å². The Morgan fingerprint density at radius 1 is 1.43 bits per heavy atom. The first-order valence-electron chi connectivity index (χ1n) is 6.85. The standard InChI is InChI=1S/C15H20BrN3O2/c1-10(2)20-9-15(3,17)14-18-13(21-19-14)8-11-5-4-6-12(16)7-11/h4-7,10H,8-9,17H2,1-3H3. The van der Waals surface area contributed by atoms with E-state index in [1.165, 1.54) is 0 Å². The number of rotatable bonds is 6. The van der Waals surface area contributed by atoms with Gasteiger partial charge in [-0.1, -0.05) is 33.2 Å². The molecule has 0 amide bonds. The maximum atomic E-state index is 6.20. The number of hydrogen-bond donors (Lipinski definition) is 1. The molecular weight excluding hydrogens is 334 g/mol. The van der Waals surface area contributed by atoms with Gasteiger partial charge in [0.25, 0.3) is 0 Å². The Morgan fingerprint density at radius 3 is 2.86 bits per heavy atom. The monoisotopic (exact) mass is 353 g/mol. The average molecular weight is 354 g/mol. The zero-order chi connectivity index (χ0) is 15.5. The molecule has 114 valence electrons. The van der Waals surface area contributed by atoms with E-state index in [0.29, 0.717) is 24.7 Å². The summed E-state index contributed by atoms with van der Waals surface area (Å²) in [5.74, 6) is 1.01. The van der Waals surface area contributed by atoms with Crippen LogP contribution >= 0.6 is 15.9 Å². The van der Waals surface area contributed by atoms with Crippen LogP contribution in [0.5, 0.6) is 0 Å². The smallest absolute Gasteiger partial charge is 0.231 e. The highest BCUT2D eigenvalue weighted by Crippen LogP contribution is 2.18. The number of halogens is 1. The number of benzene rings is 1. The van der Waals surface area contributed by atoms with Crippen LogP contribution < -0.4 is 5.73 Å². The van der Waals surface area contributed by atoms with Crippen molar-refractivity contribution in [2.24, 2.45) is 5.73 Å². The summed E-state index contributed by atoms with van der Waals surface area (Å²) >= 11 is 3.44. The zero-order valence-electron chi connectivity index (χ0n) is 12.5. The van der Waals surface area contributed by atoms with Crippen LogP contribution in [0.25, 0.3) is 0 Å². The predicted molar refractivity (Wildman–Crippen MR) is 83.9 cm³/mol. The first-order valence-corrected chi connectivity index (χ1v) is 7.64. The molecule has 1 heterocycles. The summed E-state index contributed by atoms with van der Waals surface area (Å²) in [6.07, 6.45) is 0.689. The number of ether oxygens (including phenoxy) is 1. The van der Waals surface area contributed by atoms with E-state index in [2.05, 4.69) is 26.1 Å². The summed E-state index contributed by atoms with van der Waals surface area (Å²) in [5.41, 5.74) is 6.53. The molecule has 1 unspecified atom stereocenters. The van der Waals surface area contributed by atoms with Crippen LogP contribution in [0.1, 0.15) is 38.0 Å². The van der Waals surface area contributed by atoms with Gasteiger partial charge in [0.15, 0.2) is 5.82 Å². The molecule has 0 aliphatic heterocycles. The normalized spacial score (nSPS) is 14.4. The molecule has 2 aromatic rings. The van der Waals surface area contributed by atoms with Crippen LogP contribution in [0.3, 0.4) is 0 Å². The summed E-state index contributed by atoms with van der Waals surface area (Å²) in [6.45, 7) is 6.11. The molecule has 0 fully saturated rings. The molecule has 0 bridgehead atoms. The molecule has 0 saturated carbocycles. The number of hydrogen-bond acceptors (Lipinski definition) is 5. The summed E-state index contributed by atoms with van der Waals surface area (Å²) in [7, 11) is 0. The largest absolute Gasteiger partial charge is 0.376 e. The SMILES string of the molecule is CC(C)OCC(C)(N)c1noc(Cc2cccc(Br)c2)n1. The molecule has 0 aliphatic carbocycles. The van der Waals surface area contributed by atoms with Gasteiger partial charge in [0.05, 0.1) is 19.1 Å². The molecule has 2 N–H and O–H groups in total. The van der Waals surface area contributed by atoms with E-state index < -0.39 is 5.54 Å².